The summed E-state index contributed by atoms with van der Waals surface area (Å²) in [5, 5.41) is 3.08. The van der Waals surface area contributed by atoms with Crippen LogP contribution in [0.3, 0.4) is 0 Å². The molecule has 1 heterocycles. The number of amides is 1. The van der Waals surface area contributed by atoms with Crippen molar-refractivity contribution in [2.24, 2.45) is 0 Å². The third-order valence-corrected chi connectivity index (χ3v) is 8.46. The average molecular weight is 519 g/mol. The quantitative estimate of drug-likeness (QED) is 0.512. The van der Waals surface area contributed by atoms with Crippen LogP contribution in [0.2, 0.25) is 0 Å². The van der Waals surface area contributed by atoms with Crippen LogP contribution < -0.4 is 14.8 Å². The summed E-state index contributed by atoms with van der Waals surface area (Å²) in [7, 11) is -0.433. The van der Waals surface area contributed by atoms with E-state index >= 15 is 0 Å². The summed E-state index contributed by atoms with van der Waals surface area (Å²) in [6, 6.07) is 8.75. The molecule has 1 aliphatic heterocycles. The van der Waals surface area contributed by atoms with Gasteiger partial charge in [-0.3, -0.25) is 4.79 Å². The summed E-state index contributed by atoms with van der Waals surface area (Å²) in [6.07, 6.45) is 0.557. The lowest BCUT2D eigenvalue weighted by Crippen LogP contribution is -2.40. The number of nitrogens with one attached hydrogen (secondary N) is 1. The molecule has 0 aromatic heterocycles. The van der Waals surface area contributed by atoms with Gasteiger partial charge in [0.05, 0.1) is 38.4 Å². The fourth-order valence-corrected chi connectivity index (χ4v) is 5.96. The molecule has 0 bridgehead atoms. The van der Waals surface area contributed by atoms with Crippen LogP contribution in [0.5, 0.6) is 11.5 Å². The highest BCUT2D eigenvalue weighted by Crippen LogP contribution is 2.32. The molecular weight excluding hydrogens is 480 g/mol. The van der Waals surface area contributed by atoms with Gasteiger partial charge >= 0.3 is 0 Å². The van der Waals surface area contributed by atoms with Crippen LogP contribution in [0, 0.1) is 6.92 Å². The minimum Gasteiger partial charge on any atom is -0.496 e. The van der Waals surface area contributed by atoms with Gasteiger partial charge in [0.2, 0.25) is 15.9 Å². The standard InChI is InChI=1S/C27H38N2O6S/c1-18(2)23-17-24(19(3)15-26(23)34-6)20(4)28-27(30)10-7-21-16-22(8-9-25(21)33-5)36(31,32)29-11-13-35-14-12-29/h8-9,15-18,20H,7,10-14H2,1-6H3,(H,28,30)/t20-/m1/s1. The zero-order chi connectivity index (χ0) is 26.5. The van der Waals surface area contributed by atoms with Crippen LogP contribution in [-0.4, -0.2) is 59.2 Å². The maximum absolute atomic E-state index is 13.1. The first kappa shape index (κ1) is 28.0. The molecule has 0 aliphatic carbocycles. The third-order valence-electron chi connectivity index (χ3n) is 6.57. The van der Waals surface area contributed by atoms with E-state index in [2.05, 4.69) is 25.2 Å². The Kier molecular flexibility index (Phi) is 9.38. The number of carbonyl (C=O) groups is 1. The van der Waals surface area contributed by atoms with Gasteiger partial charge in [0, 0.05) is 19.5 Å². The van der Waals surface area contributed by atoms with Crippen LogP contribution in [0.4, 0.5) is 0 Å². The van der Waals surface area contributed by atoms with Gasteiger partial charge < -0.3 is 19.5 Å². The fraction of sp³-hybridized carbons (Fsp3) is 0.519. The van der Waals surface area contributed by atoms with Crippen molar-refractivity contribution in [2.45, 2.75) is 57.4 Å². The number of carbonyl (C=O) groups excluding carboxylic acids is 1. The minimum atomic E-state index is -3.64. The lowest BCUT2D eigenvalue weighted by atomic mass is 9.93. The Bertz CT molecular complexity index is 1170. The van der Waals surface area contributed by atoms with Crippen LogP contribution in [0.15, 0.2) is 35.2 Å². The van der Waals surface area contributed by atoms with Crippen molar-refractivity contribution < 1.29 is 27.4 Å². The summed E-state index contributed by atoms with van der Waals surface area (Å²) >= 11 is 0. The number of rotatable bonds is 10. The Hall–Kier alpha value is -2.62. The molecule has 0 radical (unpaired) electrons. The summed E-state index contributed by atoms with van der Waals surface area (Å²) in [5.41, 5.74) is 3.87. The molecule has 3 rings (SSSR count). The first-order valence-corrected chi connectivity index (χ1v) is 13.7. The normalized spacial score (nSPS) is 15.5. The average Bonchev–Trinajstić information content (AvgIpc) is 2.87. The van der Waals surface area contributed by atoms with Gasteiger partial charge in [0.25, 0.3) is 0 Å². The molecule has 1 aliphatic rings. The molecule has 1 fully saturated rings. The van der Waals surface area contributed by atoms with Crippen LogP contribution in [0.1, 0.15) is 61.4 Å². The molecule has 0 unspecified atom stereocenters. The van der Waals surface area contributed by atoms with E-state index in [4.69, 9.17) is 14.2 Å². The van der Waals surface area contributed by atoms with E-state index < -0.39 is 10.0 Å². The topological polar surface area (TPSA) is 94.2 Å². The van der Waals surface area contributed by atoms with Crippen LogP contribution >= 0.6 is 0 Å². The maximum Gasteiger partial charge on any atom is 0.243 e. The molecule has 2 aromatic carbocycles. The highest BCUT2D eigenvalue weighted by atomic mass is 32.2. The van der Waals surface area contributed by atoms with Gasteiger partial charge in [-0.2, -0.15) is 4.31 Å². The lowest BCUT2D eigenvalue weighted by molar-refractivity contribution is -0.121. The Morgan fingerprint density at radius 1 is 1.03 bits per heavy atom. The minimum absolute atomic E-state index is 0.118. The molecule has 198 valence electrons. The Morgan fingerprint density at radius 3 is 2.31 bits per heavy atom. The molecule has 1 atom stereocenters. The van der Waals surface area contributed by atoms with E-state index in [0.29, 0.717) is 44.0 Å². The smallest absolute Gasteiger partial charge is 0.243 e. The number of morpholine rings is 1. The summed E-state index contributed by atoms with van der Waals surface area (Å²) < 4.78 is 43.8. The lowest BCUT2D eigenvalue weighted by Gasteiger charge is -2.26. The molecular formula is C27H38N2O6S. The predicted octanol–water partition coefficient (Wildman–Crippen LogP) is 3.97. The van der Waals surface area contributed by atoms with Crippen molar-refractivity contribution >= 4 is 15.9 Å². The Labute approximate surface area is 215 Å². The molecule has 36 heavy (non-hydrogen) atoms. The van der Waals surface area contributed by atoms with Gasteiger partial charge in [-0.25, -0.2) is 8.42 Å². The molecule has 2 aromatic rings. The van der Waals surface area contributed by atoms with Crippen LogP contribution in [-0.2, 0) is 26.0 Å². The largest absolute Gasteiger partial charge is 0.496 e. The number of hydrogen-bond acceptors (Lipinski definition) is 6. The zero-order valence-electron chi connectivity index (χ0n) is 22.1. The number of hydrogen-bond donors (Lipinski definition) is 1. The van der Waals surface area contributed by atoms with Gasteiger partial charge in [-0.1, -0.05) is 13.8 Å². The van der Waals surface area contributed by atoms with Gasteiger partial charge in [-0.05, 0) is 78.8 Å². The highest BCUT2D eigenvalue weighted by molar-refractivity contribution is 7.89. The van der Waals surface area contributed by atoms with Crippen molar-refractivity contribution in [3.05, 3.63) is 52.6 Å². The monoisotopic (exact) mass is 518 g/mol. The number of methoxy groups -OCH3 is 2. The second kappa shape index (κ2) is 12.1. The summed E-state index contributed by atoms with van der Waals surface area (Å²) in [6.45, 7) is 9.62. The number of benzene rings is 2. The first-order valence-electron chi connectivity index (χ1n) is 12.3. The van der Waals surface area contributed by atoms with Crippen molar-refractivity contribution in [3.8, 4) is 11.5 Å². The van der Waals surface area contributed by atoms with Crippen molar-refractivity contribution in [1.29, 1.82) is 0 Å². The summed E-state index contributed by atoms with van der Waals surface area (Å²) in [5.74, 6) is 1.58. The number of nitrogens with zero attached hydrogens (tertiary/aromatic N) is 1. The molecule has 8 nitrogen and oxygen atoms in total. The second-order valence-electron chi connectivity index (χ2n) is 9.38. The van der Waals surface area contributed by atoms with E-state index in [0.717, 1.165) is 22.4 Å². The van der Waals surface area contributed by atoms with E-state index in [9.17, 15) is 13.2 Å². The first-order chi connectivity index (χ1) is 17.1. The third kappa shape index (κ3) is 6.38. The molecule has 1 N–H and O–H groups in total. The molecule has 0 spiro atoms. The predicted molar refractivity (Wildman–Crippen MR) is 139 cm³/mol. The number of aryl methyl sites for hydroxylation is 2. The van der Waals surface area contributed by atoms with E-state index in [1.165, 1.54) is 11.4 Å². The molecule has 0 saturated carbocycles. The van der Waals surface area contributed by atoms with Gasteiger partial charge in [-0.15, -0.1) is 0 Å². The van der Waals surface area contributed by atoms with E-state index in [1.54, 1.807) is 25.3 Å². The second-order valence-corrected chi connectivity index (χ2v) is 11.3. The van der Waals surface area contributed by atoms with Gasteiger partial charge in [0.1, 0.15) is 11.5 Å². The molecule has 1 amide bonds. The molecule has 1 saturated heterocycles. The van der Waals surface area contributed by atoms with Crippen molar-refractivity contribution in [2.75, 3.05) is 40.5 Å². The van der Waals surface area contributed by atoms with Crippen LogP contribution in [0.25, 0.3) is 0 Å². The number of ether oxygens (including phenoxy) is 3. The number of sulfonamides is 1. The Morgan fingerprint density at radius 2 is 1.69 bits per heavy atom. The van der Waals surface area contributed by atoms with Crippen molar-refractivity contribution in [3.63, 3.8) is 0 Å². The van der Waals surface area contributed by atoms with E-state index in [-0.39, 0.29) is 29.2 Å². The highest BCUT2D eigenvalue weighted by Gasteiger charge is 2.27. The fourth-order valence-electron chi connectivity index (χ4n) is 4.50. The summed E-state index contributed by atoms with van der Waals surface area (Å²) in [4.78, 5) is 13.1. The van der Waals surface area contributed by atoms with Crippen molar-refractivity contribution in [1.82, 2.24) is 9.62 Å². The van der Waals surface area contributed by atoms with Gasteiger partial charge in [0.15, 0.2) is 0 Å². The Balaban J connectivity index is 1.72. The SMILES string of the molecule is COc1ccc(S(=O)(=O)N2CCOCC2)cc1CCC(=O)N[C@H](C)c1cc(C(C)C)c(OC)cc1C. The molecule has 9 heteroatoms. The zero-order valence-corrected chi connectivity index (χ0v) is 22.9. The van der Waals surface area contributed by atoms with E-state index in [1.807, 2.05) is 19.9 Å². The maximum atomic E-state index is 13.1.